The maximum absolute atomic E-state index is 12.3. The molecule has 1 fully saturated rings. The van der Waals surface area contributed by atoms with E-state index < -0.39 is 5.97 Å². The first-order chi connectivity index (χ1) is 11.0. The Morgan fingerprint density at radius 2 is 2.26 bits per heavy atom. The van der Waals surface area contributed by atoms with Gasteiger partial charge in [0.15, 0.2) is 0 Å². The van der Waals surface area contributed by atoms with Crippen LogP contribution in [0.3, 0.4) is 0 Å². The van der Waals surface area contributed by atoms with Gasteiger partial charge >= 0.3 is 5.97 Å². The van der Waals surface area contributed by atoms with Gasteiger partial charge in [0, 0.05) is 12.3 Å². The highest BCUT2D eigenvalue weighted by atomic mass is 32.1. The van der Waals surface area contributed by atoms with E-state index in [1.165, 1.54) is 23.6 Å². The summed E-state index contributed by atoms with van der Waals surface area (Å²) in [5.74, 6) is -1.32. The fourth-order valence-electron chi connectivity index (χ4n) is 2.44. The molecule has 0 aliphatic carbocycles. The van der Waals surface area contributed by atoms with Crippen LogP contribution in [-0.4, -0.2) is 28.6 Å². The molecule has 2 heterocycles. The van der Waals surface area contributed by atoms with E-state index in [4.69, 9.17) is 9.84 Å². The maximum Gasteiger partial charge on any atom is 0.336 e. The van der Waals surface area contributed by atoms with Crippen LogP contribution in [0.2, 0.25) is 0 Å². The summed E-state index contributed by atoms with van der Waals surface area (Å²) in [5.41, 5.74) is 1.27. The summed E-state index contributed by atoms with van der Waals surface area (Å²) in [4.78, 5) is 28.2. The van der Waals surface area contributed by atoms with Gasteiger partial charge in [-0.05, 0) is 37.5 Å². The van der Waals surface area contributed by atoms with Crippen LogP contribution >= 0.6 is 11.3 Å². The summed E-state index contributed by atoms with van der Waals surface area (Å²) in [7, 11) is 0. The smallest absolute Gasteiger partial charge is 0.336 e. The minimum Gasteiger partial charge on any atom is -0.478 e. The van der Waals surface area contributed by atoms with Crippen LogP contribution in [0.5, 0.6) is 0 Å². The van der Waals surface area contributed by atoms with Crippen molar-refractivity contribution in [1.29, 1.82) is 0 Å². The molecule has 23 heavy (non-hydrogen) atoms. The van der Waals surface area contributed by atoms with Gasteiger partial charge in [-0.2, -0.15) is 0 Å². The molecule has 1 atom stereocenters. The number of hydrogen-bond donors (Lipinski definition) is 2. The van der Waals surface area contributed by atoms with Gasteiger partial charge in [-0.3, -0.25) is 4.79 Å². The number of aromatic nitrogens is 1. The van der Waals surface area contributed by atoms with Crippen molar-refractivity contribution in [2.45, 2.75) is 25.9 Å². The maximum atomic E-state index is 12.3. The van der Waals surface area contributed by atoms with Crippen LogP contribution in [0.25, 0.3) is 0 Å². The number of carbonyl (C=O) groups is 2. The van der Waals surface area contributed by atoms with Crippen molar-refractivity contribution in [1.82, 2.24) is 4.98 Å². The Bertz CT molecular complexity index is 750. The van der Waals surface area contributed by atoms with E-state index in [0.717, 1.165) is 24.5 Å². The fraction of sp³-hybridized carbons (Fsp3) is 0.312. The number of anilines is 1. The number of rotatable bonds is 4. The van der Waals surface area contributed by atoms with Gasteiger partial charge in [-0.15, -0.1) is 11.3 Å². The first-order valence-corrected chi connectivity index (χ1v) is 8.09. The summed E-state index contributed by atoms with van der Waals surface area (Å²) < 4.78 is 5.56. The van der Waals surface area contributed by atoms with E-state index in [9.17, 15) is 9.59 Å². The number of aryl methyl sites for hydroxylation is 1. The van der Waals surface area contributed by atoms with E-state index >= 15 is 0 Å². The van der Waals surface area contributed by atoms with Gasteiger partial charge in [0.25, 0.3) is 5.91 Å². The first kappa shape index (κ1) is 15.6. The quantitative estimate of drug-likeness (QED) is 0.897. The Labute approximate surface area is 137 Å². The second-order valence-corrected chi connectivity index (χ2v) is 6.42. The molecule has 1 amide bonds. The van der Waals surface area contributed by atoms with E-state index in [2.05, 4.69) is 10.3 Å². The predicted molar refractivity (Wildman–Crippen MR) is 86.1 cm³/mol. The van der Waals surface area contributed by atoms with Crippen molar-refractivity contribution in [3.63, 3.8) is 0 Å². The van der Waals surface area contributed by atoms with Crippen LogP contribution < -0.4 is 5.32 Å². The molecule has 120 valence electrons. The van der Waals surface area contributed by atoms with Crippen LogP contribution in [0.4, 0.5) is 5.69 Å². The molecular weight excluding hydrogens is 316 g/mol. The molecule has 3 rings (SSSR count). The number of hydrogen-bond acceptors (Lipinski definition) is 5. The summed E-state index contributed by atoms with van der Waals surface area (Å²) in [6.07, 6.45) is 3.45. The predicted octanol–water partition coefficient (Wildman–Crippen LogP) is 3.25. The molecule has 7 heteroatoms. The Hall–Kier alpha value is -2.25. The molecule has 1 aliphatic heterocycles. The zero-order chi connectivity index (χ0) is 16.4. The van der Waals surface area contributed by atoms with Crippen molar-refractivity contribution in [3.05, 3.63) is 45.4 Å². The molecule has 1 unspecified atom stereocenters. The van der Waals surface area contributed by atoms with Crippen LogP contribution in [0.15, 0.2) is 24.4 Å². The van der Waals surface area contributed by atoms with Crippen molar-refractivity contribution in [2.24, 2.45) is 0 Å². The Morgan fingerprint density at radius 3 is 2.96 bits per heavy atom. The molecular formula is C16H16N2O4S. The molecule has 6 nitrogen and oxygen atoms in total. The van der Waals surface area contributed by atoms with E-state index in [1.54, 1.807) is 19.1 Å². The standard InChI is InChI=1S/C16H16N2O4S/c1-9-4-5-10(7-11(9)16(20)21)18-14(19)13-8-17-15(23-13)12-3-2-6-22-12/h4-5,7-8,12H,2-3,6H2,1H3,(H,18,19)(H,20,21). The van der Waals surface area contributed by atoms with Crippen LogP contribution in [0, 0.1) is 6.92 Å². The van der Waals surface area contributed by atoms with Crippen LogP contribution in [0.1, 0.15) is 49.5 Å². The SMILES string of the molecule is Cc1ccc(NC(=O)c2cnc(C3CCCO3)s2)cc1C(=O)O. The molecule has 0 bridgehead atoms. The first-order valence-electron chi connectivity index (χ1n) is 7.27. The Morgan fingerprint density at radius 1 is 1.43 bits per heavy atom. The lowest BCUT2D eigenvalue weighted by molar-refractivity contribution is 0.0695. The molecule has 0 radical (unpaired) electrons. The number of nitrogens with one attached hydrogen (secondary N) is 1. The number of ether oxygens (including phenoxy) is 1. The Kier molecular flexibility index (Phi) is 4.40. The number of amides is 1. The van der Waals surface area contributed by atoms with E-state index in [-0.39, 0.29) is 17.6 Å². The average molecular weight is 332 g/mol. The number of nitrogens with zero attached hydrogens (tertiary/aromatic N) is 1. The molecule has 1 aromatic carbocycles. The number of carboxylic acid groups (broad SMARTS) is 1. The summed E-state index contributed by atoms with van der Waals surface area (Å²) in [5, 5.41) is 12.7. The topological polar surface area (TPSA) is 88.5 Å². The minimum atomic E-state index is -1.02. The summed E-state index contributed by atoms with van der Waals surface area (Å²) in [6, 6.07) is 4.81. The zero-order valence-electron chi connectivity index (χ0n) is 12.5. The second-order valence-electron chi connectivity index (χ2n) is 5.35. The van der Waals surface area contributed by atoms with Gasteiger partial charge in [0.2, 0.25) is 0 Å². The number of carboxylic acids is 1. The Balaban J connectivity index is 1.74. The van der Waals surface area contributed by atoms with Crippen molar-refractivity contribution in [3.8, 4) is 0 Å². The normalized spacial score (nSPS) is 17.2. The third-order valence-corrected chi connectivity index (χ3v) is 4.77. The lowest BCUT2D eigenvalue weighted by atomic mass is 10.1. The summed E-state index contributed by atoms with van der Waals surface area (Å²) in [6.45, 7) is 2.44. The molecule has 1 saturated heterocycles. The highest BCUT2D eigenvalue weighted by Gasteiger charge is 2.22. The van der Waals surface area contributed by atoms with Crippen molar-refractivity contribution >= 4 is 28.9 Å². The van der Waals surface area contributed by atoms with Gasteiger partial charge in [0.1, 0.15) is 16.0 Å². The van der Waals surface area contributed by atoms with Gasteiger partial charge in [0.05, 0.1) is 11.8 Å². The molecule has 0 spiro atoms. The highest BCUT2D eigenvalue weighted by Crippen LogP contribution is 2.31. The van der Waals surface area contributed by atoms with E-state index in [0.29, 0.717) is 16.1 Å². The van der Waals surface area contributed by atoms with E-state index in [1.807, 2.05) is 0 Å². The fourth-order valence-corrected chi connectivity index (χ4v) is 3.33. The monoisotopic (exact) mass is 332 g/mol. The number of carbonyl (C=O) groups excluding carboxylic acids is 1. The second kappa shape index (κ2) is 6.47. The molecule has 0 saturated carbocycles. The largest absolute Gasteiger partial charge is 0.478 e. The lowest BCUT2D eigenvalue weighted by Gasteiger charge is -2.07. The third kappa shape index (κ3) is 3.40. The number of thiazole rings is 1. The van der Waals surface area contributed by atoms with Gasteiger partial charge in [-0.1, -0.05) is 6.07 Å². The number of benzene rings is 1. The average Bonchev–Trinajstić information content (AvgIpc) is 3.19. The third-order valence-electron chi connectivity index (χ3n) is 3.68. The zero-order valence-corrected chi connectivity index (χ0v) is 13.4. The molecule has 1 aromatic heterocycles. The van der Waals surface area contributed by atoms with Gasteiger partial charge in [-0.25, -0.2) is 9.78 Å². The highest BCUT2D eigenvalue weighted by molar-refractivity contribution is 7.13. The molecule has 2 N–H and O–H groups in total. The molecule has 1 aliphatic rings. The summed E-state index contributed by atoms with van der Waals surface area (Å²) >= 11 is 1.31. The van der Waals surface area contributed by atoms with Crippen molar-refractivity contribution < 1.29 is 19.4 Å². The van der Waals surface area contributed by atoms with Gasteiger partial charge < -0.3 is 15.2 Å². The minimum absolute atomic E-state index is 0.0143. The van der Waals surface area contributed by atoms with Crippen LogP contribution in [-0.2, 0) is 4.74 Å². The number of aromatic carboxylic acids is 1. The van der Waals surface area contributed by atoms with Crippen molar-refractivity contribution in [2.75, 3.05) is 11.9 Å². The molecule has 2 aromatic rings. The lowest BCUT2D eigenvalue weighted by Crippen LogP contribution is -2.11.